The molecule has 0 saturated heterocycles. The van der Waals surface area contributed by atoms with Crippen LogP contribution in [0.25, 0.3) is 0 Å². The van der Waals surface area contributed by atoms with E-state index < -0.39 is 0 Å². The van der Waals surface area contributed by atoms with Gasteiger partial charge in [-0.05, 0) is 23.6 Å². The predicted octanol–water partition coefficient (Wildman–Crippen LogP) is 2.03. The summed E-state index contributed by atoms with van der Waals surface area (Å²) in [5.41, 5.74) is 5.50. The van der Waals surface area contributed by atoms with E-state index in [2.05, 4.69) is 20.8 Å². The Bertz CT molecular complexity index is 566. The highest BCUT2D eigenvalue weighted by Crippen LogP contribution is 2.28. The molecule has 2 N–H and O–H groups in total. The van der Waals surface area contributed by atoms with Crippen molar-refractivity contribution in [3.63, 3.8) is 0 Å². The Hall–Kier alpha value is -1.92. The van der Waals surface area contributed by atoms with Gasteiger partial charge in [0.25, 0.3) is 0 Å². The molecule has 0 amide bonds. The van der Waals surface area contributed by atoms with Crippen molar-refractivity contribution in [1.29, 1.82) is 0 Å². The molecular weight excluding hydrogens is 248 g/mol. The highest BCUT2D eigenvalue weighted by Gasteiger charge is 2.22. The van der Waals surface area contributed by atoms with Gasteiger partial charge in [0.2, 0.25) is 5.89 Å². The molecule has 0 aliphatic carbocycles. The molecule has 0 aromatic carbocycles. The maximum atomic E-state index is 5.50. The first-order valence-electron chi connectivity index (χ1n) is 5.57. The minimum atomic E-state index is -0.0518. The summed E-state index contributed by atoms with van der Waals surface area (Å²) in [5, 5.41) is 6.06. The lowest BCUT2D eigenvalue weighted by atomic mass is 10.2. The van der Waals surface area contributed by atoms with Crippen LogP contribution in [0.3, 0.4) is 0 Å². The van der Waals surface area contributed by atoms with E-state index >= 15 is 0 Å². The van der Waals surface area contributed by atoms with Gasteiger partial charge in [-0.2, -0.15) is 4.98 Å². The minimum Gasteiger partial charge on any atom is -0.339 e. The maximum absolute atomic E-state index is 5.50. The van der Waals surface area contributed by atoms with E-state index in [0.29, 0.717) is 11.7 Å². The first-order valence-corrected chi connectivity index (χ1v) is 6.45. The van der Waals surface area contributed by atoms with Crippen molar-refractivity contribution in [2.75, 3.05) is 0 Å². The van der Waals surface area contributed by atoms with E-state index in [1.54, 1.807) is 11.3 Å². The van der Waals surface area contributed by atoms with Gasteiger partial charge in [-0.1, -0.05) is 11.2 Å². The lowest BCUT2D eigenvalue weighted by Crippen LogP contribution is -2.11. The van der Waals surface area contributed by atoms with Crippen molar-refractivity contribution in [2.24, 2.45) is 5.73 Å². The third-order valence-electron chi connectivity index (χ3n) is 2.64. The second-order valence-electron chi connectivity index (χ2n) is 3.80. The first-order chi connectivity index (χ1) is 8.88. The summed E-state index contributed by atoms with van der Waals surface area (Å²) >= 11 is 1.67. The van der Waals surface area contributed by atoms with Crippen molar-refractivity contribution in [3.05, 3.63) is 58.6 Å². The molecule has 0 saturated carbocycles. The molecule has 18 heavy (non-hydrogen) atoms. The van der Waals surface area contributed by atoms with Crippen molar-refractivity contribution in [1.82, 2.24) is 14.7 Å². The van der Waals surface area contributed by atoms with E-state index in [0.717, 1.165) is 4.88 Å². The van der Waals surface area contributed by atoms with Crippen LogP contribution < -0.4 is 5.73 Å². The summed E-state index contributed by atoms with van der Waals surface area (Å²) < 4.78 is 7.15. The fourth-order valence-corrected chi connectivity index (χ4v) is 2.66. The number of thiophene rings is 1. The van der Waals surface area contributed by atoms with Crippen LogP contribution in [-0.2, 0) is 6.54 Å². The lowest BCUT2D eigenvalue weighted by Gasteiger charge is -2.13. The number of nitrogens with zero attached hydrogens (tertiary/aromatic N) is 3. The third-order valence-corrected chi connectivity index (χ3v) is 3.57. The standard InChI is InChI=1S/C12H12N4OS/c13-8-10-14-12(15-17-10)11(9-4-3-7-18-9)16-5-1-2-6-16/h1-7,11H,8,13H2. The summed E-state index contributed by atoms with van der Waals surface area (Å²) in [6, 6.07) is 7.98. The zero-order valence-corrected chi connectivity index (χ0v) is 10.4. The summed E-state index contributed by atoms with van der Waals surface area (Å²) in [6.07, 6.45) is 3.98. The van der Waals surface area contributed by atoms with Gasteiger partial charge >= 0.3 is 0 Å². The highest BCUT2D eigenvalue weighted by molar-refractivity contribution is 7.10. The van der Waals surface area contributed by atoms with Crippen LogP contribution in [0.2, 0.25) is 0 Å². The van der Waals surface area contributed by atoms with E-state index in [4.69, 9.17) is 10.3 Å². The molecular formula is C12H12N4OS. The van der Waals surface area contributed by atoms with Gasteiger partial charge in [0.15, 0.2) is 5.82 Å². The van der Waals surface area contributed by atoms with Crippen LogP contribution in [0.1, 0.15) is 22.6 Å². The number of hydrogen-bond acceptors (Lipinski definition) is 5. The lowest BCUT2D eigenvalue weighted by molar-refractivity contribution is 0.371. The van der Waals surface area contributed by atoms with Gasteiger partial charge in [0.1, 0.15) is 6.04 Å². The van der Waals surface area contributed by atoms with E-state index in [1.807, 2.05) is 36.0 Å². The molecule has 5 nitrogen and oxygen atoms in total. The van der Waals surface area contributed by atoms with Crippen LogP contribution in [-0.4, -0.2) is 14.7 Å². The van der Waals surface area contributed by atoms with Crippen LogP contribution in [0.15, 0.2) is 46.6 Å². The second kappa shape index (κ2) is 4.75. The Kier molecular flexibility index (Phi) is 2.95. The molecule has 0 aliphatic rings. The van der Waals surface area contributed by atoms with Crippen molar-refractivity contribution < 1.29 is 4.52 Å². The molecule has 3 heterocycles. The number of hydrogen-bond donors (Lipinski definition) is 1. The van der Waals surface area contributed by atoms with Crippen LogP contribution in [0, 0.1) is 0 Å². The van der Waals surface area contributed by atoms with Crippen molar-refractivity contribution in [2.45, 2.75) is 12.6 Å². The highest BCUT2D eigenvalue weighted by atomic mass is 32.1. The fraction of sp³-hybridized carbons (Fsp3) is 0.167. The monoisotopic (exact) mass is 260 g/mol. The van der Waals surface area contributed by atoms with Gasteiger partial charge < -0.3 is 14.8 Å². The Labute approximate surface area is 108 Å². The zero-order chi connectivity index (χ0) is 12.4. The SMILES string of the molecule is NCc1nc(C(c2cccs2)n2cccc2)no1. The predicted molar refractivity (Wildman–Crippen MR) is 68.2 cm³/mol. The molecule has 1 unspecified atom stereocenters. The normalized spacial score (nSPS) is 12.7. The van der Waals surface area contributed by atoms with Crippen LogP contribution in [0.4, 0.5) is 0 Å². The van der Waals surface area contributed by atoms with Gasteiger partial charge in [-0.25, -0.2) is 0 Å². The minimum absolute atomic E-state index is 0.0518. The van der Waals surface area contributed by atoms with E-state index in [9.17, 15) is 0 Å². The summed E-state index contributed by atoms with van der Waals surface area (Å²) in [4.78, 5) is 5.49. The molecule has 1 atom stereocenters. The number of aromatic nitrogens is 3. The second-order valence-corrected chi connectivity index (χ2v) is 4.78. The molecule has 0 radical (unpaired) electrons. The Balaban J connectivity index is 2.05. The Morgan fingerprint density at radius 1 is 1.33 bits per heavy atom. The van der Waals surface area contributed by atoms with Gasteiger partial charge in [-0.3, -0.25) is 0 Å². The van der Waals surface area contributed by atoms with Crippen LogP contribution >= 0.6 is 11.3 Å². The quantitative estimate of drug-likeness (QED) is 0.779. The largest absolute Gasteiger partial charge is 0.339 e. The third kappa shape index (κ3) is 1.96. The smallest absolute Gasteiger partial charge is 0.240 e. The van der Waals surface area contributed by atoms with Gasteiger partial charge in [0, 0.05) is 17.3 Å². The average molecular weight is 260 g/mol. The molecule has 92 valence electrons. The summed E-state index contributed by atoms with van der Waals surface area (Å²) in [6.45, 7) is 0.260. The molecule has 0 aliphatic heterocycles. The first kappa shape index (κ1) is 11.2. The Morgan fingerprint density at radius 3 is 2.78 bits per heavy atom. The number of nitrogens with two attached hydrogens (primary N) is 1. The molecule has 3 aromatic rings. The molecule has 0 fully saturated rings. The van der Waals surface area contributed by atoms with Gasteiger partial charge in [0.05, 0.1) is 6.54 Å². The Morgan fingerprint density at radius 2 is 2.17 bits per heavy atom. The van der Waals surface area contributed by atoms with Crippen molar-refractivity contribution >= 4 is 11.3 Å². The molecule has 6 heteroatoms. The van der Waals surface area contributed by atoms with Crippen molar-refractivity contribution in [3.8, 4) is 0 Å². The maximum Gasteiger partial charge on any atom is 0.240 e. The van der Waals surface area contributed by atoms with Crippen LogP contribution in [0.5, 0.6) is 0 Å². The molecule has 3 aromatic heterocycles. The van der Waals surface area contributed by atoms with E-state index in [1.165, 1.54) is 0 Å². The topological polar surface area (TPSA) is 69.9 Å². The molecule has 3 rings (SSSR count). The zero-order valence-electron chi connectivity index (χ0n) is 9.56. The molecule has 0 bridgehead atoms. The van der Waals surface area contributed by atoms with Gasteiger partial charge in [-0.15, -0.1) is 11.3 Å². The average Bonchev–Trinajstić information content (AvgIpc) is 3.13. The fourth-order valence-electron chi connectivity index (χ4n) is 1.84. The summed E-state index contributed by atoms with van der Waals surface area (Å²) in [5.74, 6) is 1.09. The number of rotatable bonds is 4. The van der Waals surface area contributed by atoms with E-state index in [-0.39, 0.29) is 12.6 Å². The molecule has 0 spiro atoms. The summed E-state index contributed by atoms with van der Waals surface area (Å²) in [7, 11) is 0.